The van der Waals surface area contributed by atoms with Crippen LogP contribution in [0, 0.1) is 0 Å². The number of aromatic nitrogens is 2. The number of hydrogen-bond acceptors (Lipinski definition) is 5. The van der Waals surface area contributed by atoms with E-state index >= 15 is 0 Å². The molecule has 0 radical (unpaired) electrons. The zero-order valence-corrected chi connectivity index (χ0v) is 19.5. The number of carbonyl (C=O) groups excluding carboxylic acids is 1. The Morgan fingerprint density at radius 2 is 1.66 bits per heavy atom. The molecule has 0 saturated carbocycles. The molecule has 0 bridgehead atoms. The lowest BCUT2D eigenvalue weighted by Crippen LogP contribution is -2.34. The Bertz CT molecular complexity index is 1030. The Labute approximate surface area is 189 Å². The highest BCUT2D eigenvalue weighted by atomic mass is 16.5. The Hall–Kier alpha value is -3.48. The lowest BCUT2D eigenvalue weighted by Gasteiger charge is -2.21. The molecule has 0 aliphatic heterocycles. The van der Waals surface area contributed by atoms with Crippen LogP contribution in [0.5, 0.6) is 17.2 Å². The second kappa shape index (κ2) is 9.77. The van der Waals surface area contributed by atoms with Crippen molar-refractivity contribution in [2.24, 2.45) is 7.05 Å². The van der Waals surface area contributed by atoms with Gasteiger partial charge < -0.3 is 24.1 Å². The first-order valence-electron chi connectivity index (χ1n) is 10.4. The van der Waals surface area contributed by atoms with Crippen molar-refractivity contribution in [1.29, 1.82) is 0 Å². The van der Waals surface area contributed by atoms with E-state index in [1.807, 2.05) is 54.2 Å². The molecule has 0 aliphatic carbocycles. The summed E-state index contributed by atoms with van der Waals surface area (Å²) in [5, 5.41) is 3.03. The smallest absolute Gasteiger partial charge is 0.258 e. The Kier molecular flexibility index (Phi) is 7.08. The van der Waals surface area contributed by atoms with E-state index in [1.165, 1.54) is 5.56 Å². The minimum absolute atomic E-state index is 0.0585. The Morgan fingerprint density at radius 3 is 2.16 bits per heavy atom. The van der Waals surface area contributed by atoms with Crippen molar-refractivity contribution in [3.05, 3.63) is 71.8 Å². The summed E-state index contributed by atoms with van der Waals surface area (Å²) in [5.41, 5.74) is 2.05. The standard InChI is InChI=1S/C25H31N3O4/c1-25(2,3)18-7-9-19(10-8-18)32-16-22(29)27-23(24-26-11-12-28(24)4)17-13-20(30-5)15-21(14-17)31-6/h7-15,23H,16H2,1-6H3,(H,27,29). The molecule has 0 saturated heterocycles. The van der Waals surface area contributed by atoms with Gasteiger partial charge in [0.05, 0.1) is 14.2 Å². The van der Waals surface area contributed by atoms with Gasteiger partial charge in [-0.25, -0.2) is 4.98 Å². The number of hydrogen-bond donors (Lipinski definition) is 1. The maximum absolute atomic E-state index is 12.8. The van der Waals surface area contributed by atoms with Crippen molar-refractivity contribution in [1.82, 2.24) is 14.9 Å². The number of nitrogens with zero attached hydrogens (tertiary/aromatic N) is 2. The highest BCUT2D eigenvalue weighted by Crippen LogP contribution is 2.29. The van der Waals surface area contributed by atoms with Gasteiger partial charge in [-0.05, 0) is 40.8 Å². The minimum Gasteiger partial charge on any atom is -0.497 e. The lowest BCUT2D eigenvalue weighted by atomic mass is 9.87. The molecular formula is C25H31N3O4. The van der Waals surface area contributed by atoms with Crippen LogP contribution in [0.4, 0.5) is 0 Å². The van der Waals surface area contributed by atoms with Crippen LogP contribution in [-0.4, -0.2) is 36.3 Å². The normalized spacial score (nSPS) is 12.2. The van der Waals surface area contributed by atoms with Gasteiger partial charge in [-0.3, -0.25) is 4.79 Å². The third-order valence-electron chi connectivity index (χ3n) is 5.22. The molecule has 1 aromatic heterocycles. The quantitative estimate of drug-likeness (QED) is 0.576. The first-order chi connectivity index (χ1) is 15.2. The number of aryl methyl sites for hydroxylation is 1. The zero-order valence-electron chi connectivity index (χ0n) is 19.5. The van der Waals surface area contributed by atoms with E-state index in [-0.39, 0.29) is 17.9 Å². The fraction of sp³-hybridized carbons (Fsp3) is 0.360. The van der Waals surface area contributed by atoms with E-state index in [1.54, 1.807) is 26.5 Å². The number of nitrogens with one attached hydrogen (secondary N) is 1. The third kappa shape index (κ3) is 5.60. The van der Waals surface area contributed by atoms with E-state index in [9.17, 15) is 4.79 Å². The van der Waals surface area contributed by atoms with Gasteiger partial charge >= 0.3 is 0 Å². The molecule has 2 aromatic carbocycles. The van der Waals surface area contributed by atoms with Crippen LogP contribution in [0.25, 0.3) is 0 Å². The molecule has 7 heteroatoms. The van der Waals surface area contributed by atoms with Crippen LogP contribution >= 0.6 is 0 Å². The number of ether oxygens (including phenoxy) is 3. The van der Waals surface area contributed by atoms with Crippen molar-refractivity contribution < 1.29 is 19.0 Å². The molecule has 1 N–H and O–H groups in total. The molecule has 1 amide bonds. The molecule has 0 aliphatic rings. The molecular weight excluding hydrogens is 406 g/mol. The topological polar surface area (TPSA) is 74.6 Å². The predicted octanol–water partition coefficient (Wildman–Crippen LogP) is 4.02. The van der Waals surface area contributed by atoms with Gasteiger partial charge in [-0.1, -0.05) is 32.9 Å². The van der Waals surface area contributed by atoms with Crippen LogP contribution in [-0.2, 0) is 17.3 Å². The molecule has 170 valence electrons. The molecule has 3 aromatic rings. The molecule has 1 unspecified atom stereocenters. The average molecular weight is 438 g/mol. The summed E-state index contributed by atoms with van der Waals surface area (Å²) in [4.78, 5) is 17.2. The zero-order chi connectivity index (χ0) is 23.3. The van der Waals surface area contributed by atoms with E-state index in [0.717, 1.165) is 5.56 Å². The van der Waals surface area contributed by atoms with Crippen LogP contribution in [0.2, 0.25) is 0 Å². The van der Waals surface area contributed by atoms with Gasteiger partial charge in [0, 0.05) is 25.5 Å². The van der Waals surface area contributed by atoms with E-state index in [2.05, 4.69) is 31.1 Å². The fourth-order valence-corrected chi connectivity index (χ4v) is 3.35. The van der Waals surface area contributed by atoms with Crippen molar-refractivity contribution >= 4 is 5.91 Å². The van der Waals surface area contributed by atoms with Crippen LogP contribution in [0.3, 0.4) is 0 Å². The molecule has 0 fully saturated rings. The molecule has 1 atom stereocenters. The molecule has 7 nitrogen and oxygen atoms in total. The molecule has 1 heterocycles. The van der Waals surface area contributed by atoms with Crippen molar-refractivity contribution in [3.8, 4) is 17.2 Å². The maximum atomic E-state index is 12.8. The van der Waals surface area contributed by atoms with Gasteiger partial charge in [0.2, 0.25) is 0 Å². The van der Waals surface area contributed by atoms with Crippen LogP contribution in [0.1, 0.15) is 43.8 Å². The number of imidazole rings is 1. The highest BCUT2D eigenvalue weighted by molar-refractivity contribution is 5.78. The van der Waals surface area contributed by atoms with Crippen molar-refractivity contribution in [3.63, 3.8) is 0 Å². The highest BCUT2D eigenvalue weighted by Gasteiger charge is 2.23. The number of carbonyl (C=O) groups is 1. The number of rotatable bonds is 8. The summed E-state index contributed by atoms with van der Waals surface area (Å²) in [6.45, 7) is 6.35. The Balaban J connectivity index is 1.77. The number of amides is 1. The van der Waals surface area contributed by atoms with E-state index in [0.29, 0.717) is 23.1 Å². The second-order valence-corrected chi connectivity index (χ2v) is 8.61. The van der Waals surface area contributed by atoms with Gasteiger partial charge in [0.1, 0.15) is 29.1 Å². The summed E-state index contributed by atoms with van der Waals surface area (Å²) >= 11 is 0. The summed E-state index contributed by atoms with van der Waals surface area (Å²) in [5.74, 6) is 2.32. The summed E-state index contributed by atoms with van der Waals surface area (Å²) < 4.78 is 18.4. The predicted molar refractivity (Wildman–Crippen MR) is 123 cm³/mol. The van der Waals surface area contributed by atoms with Crippen molar-refractivity contribution in [2.45, 2.75) is 32.2 Å². The molecule has 0 spiro atoms. The largest absolute Gasteiger partial charge is 0.497 e. The van der Waals surface area contributed by atoms with Crippen LogP contribution < -0.4 is 19.5 Å². The first kappa shape index (κ1) is 23.2. The Morgan fingerprint density at radius 1 is 1.03 bits per heavy atom. The van der Waals surface area contributed by atoms with E-state index < -0.39 is 6.04 Å². The minimum atomic E-state index is -0.502. The lowest BCUT2D eigenvalue weighted by molar-refractivity contribution is -0.123. The summed E-state index contributed by atoms with van der Waals surface area (Å²) in [7, 11) is 5.06. The second-order valence-electron chi connectivity index (χ2n) is 8.61. The van der Waals surface area contributed by atoms with Gasteiger partial charge in [0.15, 0.2) is 6.61 Å². The maximum Gasteiger partial charge on any atom is 0.258 e. The van der Waals surface area contributed by atoms with E-state index in [4.69, 9.17) is 14.2 Å². The molecule has 32 heavy (non-hydrogen) atoms. The first-order valence-corrected chi connectivity index (χ1v) is 10.4. The van der Waals surface area contributed by atoms with Gasteiger partial charge in [-0.15, -0.1) is 0 Å². The van der Waals surface area contributed by atoms with Crippen LogP contribution in [0.15, 0.2) is 54.9 Å². The van der Waals surface area contributed by atoms with Crippen molar-refractivity contribution in [2.75, 3.05) is 20.8 Å². The number of benzene rings is 2. The summed E-state index contributed by atoms with van der Waals surface area (Å²) in [6, 6.07) is 12.8. The monoisotopic (exact) mass is 437 g/mol. The number of methoxy groups -OCH3 is 2. The van der Waals surface area contributed by atoms with Gasteiger partial charge in [-0.2, -0.15) is 0 Å². The molecule has 3 rings (SSSR count). The summed E-state index contributed by atoms with van der Waals surface area (Å²) in [6.07, 6.45) is 3.53. The fourth-order valence-electron chi connectivity index (χ4n) is 3.35. The van der Waals surface area contributed by atoms with Gasteiger partial charge in [0.25, 0.3) is 5.91 Å². The third-order valence-corrected chi connectivity index (χ3v) is 5.22. The SMILES string of the molecule is COc1cc(OC)cc(C(NC(=O)COc2ccc(C(C)(C)C)cc2)c2nccn2C)c1. The average Bonchev–Trinajstić information content (AvgIpc) is 3.20.